The van der Waals surface area contributed by atoms with Gasteiger partial charge >= 0.3 is 35.5 Å². The van der Waals surface area contributed by atoms with E-state index in [1.807, 2.05) is 6.92 Å². The molecule has 0 rings (SSSR count). The Morgan fingerprint density at radius 3 is 1.86 bits per heavy atom. The predicted octanol–water partition coefficient (Wildman–Crippen LogP) is 1.39. The van der Waals surface area contributed by atoms with E-state index < -0.39 is 12.0 Å². The number of rotatable bonds is 14. The number of carboxylic acid groups (broad SMARTS) is 1. The Morgan fingerprint density at radius 1 is 0.909 bits per heavy atom. The van der Waals surface area contributed by atoms with Crippen LogP contribution in [0.2, 0.25) is 0 Å². The molecular formula is C17H34NNaO3. The first-order chi connectivity index (χ1) is 10.1. The number of unbranched alkanes of at least 4 members (excludes halogenated alkanes) is 8. The molecule has 0 fully saturated rings. The number of hydrogen-bond acceptors (Lipinski definition) is 2. The summed E-state index contributed by atoms with van der Waals surface area (Å²) in [6, 6.07) is -0.721. The van der Waals surface area contributed by atoms with E-state index in [1.165, 1.54) is 44.9 Å². The van der Waals surface area contributed by atoms with Crippen LogP contribution in [-0.4, -0.2) is 23.0 Å². The van der Waals surface area contributed by atoms with Crippen molar-refractivity contribution in [2.75, 3.05) is 0 Å². The summed E-state index contributed by atoms with van der Waals surface area (Å²) in [7, 11) is 0. The van der Waals surface area contributed by atoms with Crippen molar-refractivity contribution in [1.82, 2.24) is 5.32 Å². The second kappa shape index (κ2) is 17.3. The molecule has 0 radical (unpaired) electrons. The number of carbonyl (C=O) groups is 2. The van der Waals surface area contributed by atoms with Crippen LogP contribution in [0, 0.1) is 0 Å². The second-order valence-electron chi connectivity index (χ2n) is 5.83. The minimum atomic E-state index is -0.933. The van der Waals surface area contributed by atoms with Crippen molar-refractivity contribution in [3.8, 4) is 0 Å². The van der Waals surface area contributed by atoms with Crippen LogP contribution in [0.1, 0.15) is 92.3 Å². The molecule has 126 valence electrons. The van der Waals surface area contributed by atoms with Gasteiger partial charge in [0.25, 0.3) is 0 Å². The Balaban J connectivity index is -0.00000200. The molecule has 0 saturated heterocycles. The first-order valence-corrected chi connectivity index (χ1v) is 8.64. The third kappa shape index (κ3) is 14.9. The maximum atomic E-state index is 11.7. The summed E-state index contributed by atoms with van der Waals surface area (Å²) in [5, 5.41) is 11.6. The number of carbonyl (C=O) groups excluding carboxylic acids is 1. The molecule has 4 nitrogen and oxygen atoms in total. The number of aliphatic carboxylic acids is 1. The van der Waals surface area contributed by atoms with E-state index in [0.717, 1.165) is 19.3 Å². The van der Waals surface area contributed by atoms with Crippen molar-refractivity contribution in [2.45, 2.75) is 96.9 Å². The zero-order valence-electron chi connectivity index (χ0n) is 15.8. The second-order valence-corrected chi connectivity index (χ2v) is 5.83. The Hall–Kier alpha value is -0.0600. The molecule has 0 bridgehead atoms. The average molecular weight is 323 g/mol. The molecule has 22 heavy (non-hydrogen) atoms. The first kappa shape index (κ1) is 24.2. The van der Waals surface area contributed by atoms with E-state index in [9.17, 15) is 9.59 Å². The topological polar surface area (TPSA) is 66.4 Å². The summed E-state index contributed by atoms with van der Waals surface area (Å²) in [5.74, 6) is -1.06. The molecule has 0 aromatic heterocycles. The maximum Gasteiger partial charge on any atom is 1.00 e. The molecule has 1 atom stereocenters. The van der Waals surface area contributed by atoms with Gasteiger partial charge in [-0.05, 0) is 12.8 Å². The van der Waals surface area contributed by atoms with Crippen molar-refractivity contribution in [1.29, 1.82) is 0 Å². The van der Waals surface area contributed by atoms with Gasteiger partial charge in [0.15, 0.2) is 0 Å². The van der Waals surface area contributed by atoms with Crippen molar-refractivity contribution in [3.05, 3.63) is 0 Å². The van der Waals surface area contributed by atoms with E-state index in [-0.39, 0.29) is 36.9 Å². The maximum absolute atomic E-state index is 11.7. The van der Waals surface area contributed by atoms with E-state index in [0.29, 0.717) is 12.8 Å². The molecule has 0 aliphatic rings. The molecule has 0 unspecified atom stereocenters. The summed E-state index contributed by atoms with van der Waals surface area (Å²) in [5.41, 5.74) is 0. The molecule has 2 N–H and O–H groups in total. The number of carboxylic acids is 1. The molecule has 0 aliphatic carbocycles. The van der Waals surface area contributed by atoms with Gasteiger partial charge in [0.1, 0.15) is 6.04 Å². The van der Waals surface area contributed by atoms with Crippen LogP contribution < -0.4 is 34.9 Å². The van der Waals surface area contributed by atoms with Gasteiger partial charge in [0, 0.05) is 6.42 Å². The molecule has 0 aliphatic heterocycles. The van der Waals surface area contributed by atoms with E-state index in [4.69, 9.17) is 5.11 Å². The molecule has 5 heteroatoms. The summed E-state index contributed by atoms with van der Waals surface area (Å²) in [6.07, 6.45) is 12.6. The molecule has 0 saturated carbocycles. The van der Waals surface area contributed by atoms with E-state index >= 15 is 0 Å². The van der Waals surface area contributed by atoms with Crippen LogP contribution in [0.15, 0.2) is 0 Å². The first-order valence-electron chi connectivity index (χ1n) is 8.64. The van der Waals surface area contributed by atoms with Crippen molar-refractivity contribution in [2.24, 2.45) is 0 Å². The Kier molecular flexibility index (Phi) is 19.0. The van der Waals surface area contributed by atoms with Crippen LogP contribution in [0.3, 0.4) is 0 Å². The quantitative estimate of drug-likeness (QED) is 0.375. The fraction of sp³-hybridized carbons (Fsp3) is 0.882. The zero-order valence-corrected chi connectivity index (χ0v) is 16.8. The van der Waals surface area contributed by atoms with Crippen molar-refractivity contribution in [3.63, 3.8) is 0 Å². The van der Waals surface area contributed by atoms with Crippen LogP contribution in [0.25, 0.3) is 0 Å². The largest absolute Gasteiger partial charge is 1.00 e. The van der Waals surface area contributed by atoms with Gasteiger partial charge in [-0.1, -0.05) is 71.6 Å². The van der Waals surface area contributed by atoms with Gasteiger partial charge in [-0.25, -0.2) is 4.79 Å². The van der Waals surface area contributed by atoms with Crippen LogP contribution in [0.5, 0.6) is 0 Å². The van der Waals surface area contributed by atoms with Crippen LogP contribution >= 0.6 is 0 Å². The summed E-state index contributed by atoms with van der Waals surface area (Å²) in [6.45, 7) is 4.14. The SMILES string of the molecule is CCCCCCCCCCCC(=O)N[C@@H](CCC)C(=O)O.[H-].[Na+]. The molecule has 0 aromatic carbocycles. The smallest absolute Gasteiger partial charge is 1.00 e. The van der Waals surface area contributed by atoms with Gasteiger partial charge in [-0.3, -0.25) is 4.79 Å². The predicted molar refractivity (Wildman–Crippen MR) is 87.4 cm³/mol. The van der Waals surface area contributed by atoms with Crippen LogP contribution in [-0.2, 0) is 9.59 Å². The Bertz CT molecular complexity index is 291. The third-order valence-electron chi connectivity index (χ3n) is 3.72. The fourth-order valence-corrected chi connectivity index (χ4v) is 2.41. The summed E-state index contributed by atoms with van der Waals surface area (Å²) >= 11 is 0. The summed E-state index contributed by atoms with van der Waals surface area (Å²) in [4.78, 5) is 22.6. The van der Waals surface area contributed by atoms with Gasteiger partial charge < -0.3 is 11.8 Å². The fourth-order valence-electron chi connectivity index (χ4n) is 2.41. The minimum Gasteiger partial charge on any atom is -1.00 e. The molecule has 0 heterocycles. The standard InChI is InChI=1S/C17H33NO3.Na.H/c1-3-5-6-7-8-9-10-11-12-14-16(19)18-15(13-4-2)17(20)21;;/h15H,3-14H2,1-2H3,(H,18,19)(H,20,21);;/q;+1;-1/t15-;;/m0../s1. The van der Waals surface area contributed by atoms with E-state index in [2.05, 4.69) is 12.2 Å². The average Bonchev–Trinajstić information content (AvgIpc) is 2.45. The monoisotopic (exact) mass is 323 g/mol. The van der Waals surface area contributed by atoms with Crippen LogP contribution in [0.4, 0.5) is 0 Å². The minimum absolute atomic E-state index is 0. The third-order valence-corrected chi connectivity index (χ3v) is 3.72. The number of hydrogen-bond donors (Lipinski definition) is 2. The number of nitrogens with one attached hydrogen (secondary N) is 1. The normalized spacial score (nSPS) is 11.5. The van der Waals surface area contributed by atoms with Gasteiger partial charge in [0.05, 0.1) is 0 Å². The van der Waals surface area contributed by atoms with Gasteiger partial charge in [-0.15, -0.1) is 0 Å². The van der Waals surface area contributed by atoms with Gasteiger partial charge in [0.2, 0.25) is 5.91 Å². The molecule has 0 aromatic rings. The van der Waals surface area contributed by atoms with Gasteiger partial charge in [-0.2, -0.15) is 0 Å². The molecule has 1 amide bonds. The Morgan fingerprint density at radius 2 is 1.41 bits per heavy atom. The molecular weight excluding hydrogens is 289 g/mol. The molecule has 0 spiro atoms. The van der Waals surface area contributed by atoms with E-state index in [1.54, 1.807) is 0 Å². The number of amides is 1. The van der Waals surface area contributed by atoms with Crippen molar-refractivity contribution < 1.29 is 45.7 Å². The Labute approximate surface area is 159 Å². The summed E-state index contributed by atoms with van der Waals surface area (Å²) < 4.78 is 0. The zero-order chi connectivity index (χ0) is 15.9. The van der Waals surface area contributed by atoms with Crippen molar-refractivity contribution >= 4 is 11.9 Å².